The molecule has 1 aliphatic carbocycles. The molecule has 1 rings (SSSR count). The summed E-state index contributed by atoms with van der Waals surface area (Å²) in [6, 6.07) is 2.10. The Morgan fingerprint density at radius 3 is 2.77 bits per heavy atom. The van der Waals surface area contributed by atoms with Gasteiger partial charge in [0.15, 0.2) is 6.10 Å². The fourth-order valence-corrected chi connectivity index (χ4v) is 1.09. The molecule has 4 nitrogen and oxygen atoms in total. The lowest BCUT2D eigenvalue weighted by atomic mass is 10.1. The van der Waals surface area contributed by atoms with Crippen LogP contribution in [0.4, 0.5) is 0 Å². The first-order valence-corrected chi connectivity index (χ1v) is 4.31. The average Bonchev–Trinajstić information content (AvgIpc) is 2.82. The Morgan fingerprint density at radius 1 is 1.77 bits per heavy atom. The smallest absolute Gasteiger partial charge is 0.332 e. The zero-order chi connectivity index (χ0) is 9.90. The molecule has 1 saturated carbocycles. The molecule has 1 N–H and O–H groups in total. The Balaban J connectivity index is 2.27. The molecule has 0 aliphatic heterocycles. The van der Waals surface area contributed by atoms with Crippen molar-refractivity contribution in [3.05, 3.63) is 0 Å². The summed E-state index contributed by atoms with van der Waals surface area (Å²) in [5, 5.41) is 17.0. The second-order valence-electron chi connectivity index (χ2n) is 3.63. The average molecular weight is 183 g/mol. The number of carboxylic acids is 1. The SMILES string of the molecule is CC(OCC1(CC#N)CC1)C(=O)O. The molecule has 1 fully saturated rings. The van der Waals surface area contributed by atoms with E-state index in [2.05, 4.69) is 6.07 Å². The number of carbonyl (C=O) groups is 1. The van der Waals surface area contributed by atoms with Crippen LogP contribution in [0, 0.1) is 16.7 Å². The maximum absolute atomic E-state index is 10.4. The molecule has 0 radical (unpaired) electrons. The van der Waals surface area contributed by atoms with Crippen LogP contribution in [0.1, 0.15) is 26.2 Å². The molecule has 0 aromatic rings. The second kappa shape index (κ2) is 3.75. The van der Waals surface area contributed by atoms with Crippen molar-refractivity contribution in [2.45, 2.75) is 32.3 Å². The van der Waals surface area contributed by atoms with Crippen LogP contribution >= 0.6 is 0 Å². The van der Waals surface area contributed by atoms with Crippen molar-refractivity contribution in [1.82, 2.24) is 0 Å². The first-order chi connectivity index (χ1) is 6.09. The molecule has 13 heavy (non-hydrogen) atoms. The summed E-state index contributed by atoms with van der Waals surface area (Å²) in [5.74, 6) is -0.951. The number of hydrogen-bond acceptors (Lipinski definition) is 3. The normalized spacial score (nSPS) is 20.3. The van der Waals surface area contributed by atoms with E-state index in [0.717, 1.165) is 12.8 Å². The molecule has 0 saturated heterocycles. The number of nitrogens with zero attached hydrogens (tertiary/aromatic N) is 1. The van der Waals surface area contributed by atoms with Crippen LogP contribution in [-0.4, -0.2) is 23.8 Å². The summed E-state index contributed by atoms with van der Waals surface area (Å²) in [6.45, 7) is 1.90. The van der Waals surface area contributed by atoms with Crippen LogP contribution in [0.15, 0.2) is 0 Å². The van der Waals surface area contributed by atoms with E-state index in [1.165, 1.54) is 6.92 Å². The van der Waals surface area contributed by atoms with Gasteiger partial charge >= 0.3 is 5.97 Å². The quantitative estimate of drug-likeness (QED) is 0.694. The van der Waals surface area contributed by atoms with E-state index in [4.69, 9.17) is 15.1 Å². The summed E-state index contributed by atoms with van der Waals surface area (Å²) in [4.78, 5) is 10.4. The molecule has 0 aromatic carbocycles. The van der Waals surface area contributed by atoms with Crippen molar-refractivity contribution in [2.75, 3.05) is 6.61 Å². The van der Waals surface area contributed by atoms with Crippen molar-refractivity contribution in [2.24, 2.45) is 5.41 Å². The monoisotopic (exact) mass is 183 g/mol. The van der Waals surface area contributed by atoms with E-state index in [-0.39, 0.29) is 5.41 Å². The summed E-state index contributed by atoms with van der Waals surface area (Å²) in [6.07, 6.45) is 1.66. The van der Waals surface area contributed by atoms with Gasteiger partial charge in [0, 0.05) is 11.8 Å². The Kier molecular flexibility index (Phi) is 2.89. The highest BCUT2D eigenvalue weighted by Crippen LogP contribution is 2.48. The number of carboxylic acid groups (broad SMARTS) is 1. The van der Waals surface area contributed by atoms with Crippen LogP contribution in [0.25, 0.3) is 0 Å². The van der Waals surface area contributed by atoms with Crippen molar-refractivity contribution in [3.63, 3.8) is 0 Å². The second-order valence-corrected chi connectivity index (χ2v) is 3.63. The standard InChI is InChI=1S/C9H13NO3/c1-7(8(11)12)13-6-9(2-3-9)4-5-10/h7H,2-4,6H2,1H3,(H,11,12). The van der Waals surface area contributed by atoms with Gasteiger partial charge < -0.3 is 9.84 Å². The van der Waals surface area contributed by atoms with E-state index in [1.807, 2.05) is 0 Å². The molecule has 0 bridgehead atoms. The largest absolute Gasteiger partial charge is 0.479 e. The molecule has 1 aliphatic rings. The van der Waals surface area contributed by atoms with Gasteiger partial charge in [-0.05, 0) is 19.8 Å². The van der Waals surface area contributed by atoms with Crippen LogP contribution in [0.2, 0.25) is 0 Å². The van der Waals surface area contributed by atoms with Gasteiger partial charge in [-0.2, -0.15) is 5.26 Å². The topological polar surface area (TPSA) is 70.3 Å². The minimum absolute atomic E-state index is 0.0293. The highest BCUT2D eigenvalue weighted by Gasteiger charge is 2.43. The summed E-state index contributed by atoms with van der Waals surface area (Å²) in [5.41, 5.74) is -0.0293. The number of ether oxygens (including phenoxy) is 1. The molecule has 4 heteroatoms. The van der Waals surface area contributed by atoms with Gasteiger partial charge in [0.2, 0.25) is 0 Å². The van der Waals surface area contributed by atoms with Crippen LogP contribution in [0.3, 0.4) is 0 Å². The van der Waals surface area contributed by atoms with Crippen LogP contribution in [0.5, 0.6) is 0 Å². The number of hydrogen-bond donors (Lipinski definition) is 1. The number of rotatable bonds is 5. The lowest BCUT2D eigenvalue weighted by molar-refractivity contribution is -0.150. The molecular weight excluding hydrogens is 170 g/mol. The third kappa shape index (κ3) is 2.71. The van der Waals surface area contributed by atoms with Gasteiger partial charge in [-0.25, -0.2) is 4.79 Å². The van der Waals surface area contributed by atoms with Crippen LogP contribution < -0.4 is 0 Å². The Bertz CT molecular complexity index is 240. The zero-order valence-corrected chi connectivity index (χ0v) is 7.62. The van der Waals surface area contributed by atoms with Gasteiger partial charge in [-0.1, -0.05) is 0 Å². The molecule has 1 atom stereocenters. The van der Waals surface area contributed by atoms with E-state index in [0.29, 0.717) is 13.0 Å². The number of nitriles is 1. The highest BCUT2D eigenvalue weighted by atomic mass is 16.5. The fourth-order valence-electron chi connectivity index (χ4n) is 1.09. The first-order valence-electron chi connectivity index (χ1n) is 4.31. The molecule has 72 valence electrons. The molecule has 1 unspecified atom stereocenters. The third-order valence-corrected chi connectivity index (χ3v) is 2.40. The van der Waals surface area contributed by atoms with Gasteiger partial charge in [-0.3, -0.25) is 0 Å². The minimum Gasteiger partial charge on any atom is -0.479 e. The van der Waals surface area contributed by atoms with Crippen molar-refractivity contribution in [1.29, 1.82) is 5.26 Å². The molecular formula is C9H13NO3. The van der Waals surface area contributed by atoms with Crippen molar-refractivity contribution in [3.8, 4) is 6.07 Å². The summed E-state index contributed by atoms with van der Waals surface area (Å²) >= 11 is 0. The Labute approximate surface area is 77.1 Å². The minimum atomic E-state index is -0.951. The van der Waals surface area contributed by atoms with Gasteiger partial charge in [0.25, 0.3) is 0 Å². The maximum Gasteiger partial charge on any atom is 0.332 e. The summed E-state index contributed by atoms with van der Waals surface area (Å²) in [7, 11) is 0. The number of aliphatic carboxylic acids is 1. The molecule has 0 spiro atoms. The van der Waals surface area contributed by atoms with E-state index in [1.54, 1.807) is 0 Å². The van der Waals surface area contributed by atoms with Crippen molar-refractivity contribution >= 4 is 5.97 Å². The lowest BCUT2D eigenvalue weighted by Gasteiger charge is -2.13. The molecule has 0 aromatic heterocycles. The highest BCUT2D eigenvalue weighted by molar-refractivity contribution is 5.71. The van der Waals surface area contributed by atoms with Gasteiger partial charge in [-0.15, -0.1) is 0 Å². The van der Waals surface area contributed by atoms with Gasteiger partial charge in [0.05, 0.1) is 12.7 Å². The lowest BCUT2D eigenvalue weighted by Crippen LogP contribution is -2.23. The predicted molar refractivity (Wildman–Crippen MR) is 44.9 cm³/mol. The fraction of sp³-hybridized carbons (Fsp3) is 0.778. The van der Waals surface area contributed by atoms with Gasteiger partial charge in [0.1, 0.15) is 0 Å². The van der Waals surface area contributed by atoms with Crippen molar-refractivity contribution < 1.29 is 14.6 Å². The Hall–Kier alpha value is -1.08. The predicted octanol–water partition coefficient (Wildman–Crippen LogP) is 1.17. The van der Waals surface area contributed by atoms with Crippen LogP contribution in [-0.2, 0) is 9.53 Å². The molecule has 0 amide bonds. The maximum atomic E-state index is 10.4. The molecule has 0 heterocycles. The third-order valence-electron chi connectivity index (χ3n) is 2.40. The van der Waals surface area contributed by atoms with E-state index in [9.17, 15) is 4.79 Å². The van der Waals surface area contributed by atoms with E-state index < -0.39 is 12.1 Å². The Morgan fingerprint density at radius 2 is 2.38 bits per heavy atom. The zero-order valence-electron chi connectivity index (χ0n) is 7.62. The van der Waals surface area contributed by atoms with E-state index >= 15 is 0 Å². The summed E-state index contributed by atoms with van der Waals surface area (Å²) < 4.78 is 5.13. The first kappa shape index (κ1) is 10.0.